The third-order valence-corrected chi connectivity index (χ3v) is 9.10. The van der Waals surface area contributed by atoms with Crippen molar-refractivity contribution in [3.8, 4) is 0 Å². The summed E-state index contributed by atoms with van der Waals surface area (Å²) in [5, 5.41) is 11.2. The Labute approximate surface area is 170 Å². The highest BCUT2D eigenvalue weighted by molar-refractivity contribution is 7.84. The first kappa shape index (κ1) is 18.5. The molecule has 0 aromatic heterocycles. The van der Waals surface area contributed by atoms with Crippen LogP contribution < -0.4 is 0 Å². The number of hydrogen-bond acceptors (Lipinski definition) is 8. The number of aliphatic hydroxyl groups is 1. The van der Waals surface area contributed by atoms with Crippen molar-refractivity contribution in [1.29, 1.82) is 0 Å². The van der Waals surface area contributed by atoms with Crippen molar-refractivity contribution >= 4 is 22.7 Å². The summed E-state index contributed by atoms with van der Waals surface area (Å²) in [6.07, 6.45) is 1.34. The van der Waals surface area contributed by atoms with E-state index in [1.807, 2.05) is 13.8 Å². The van der Waals surface area contributed by atoms with Crippen LogP contribution in [0.1, 0.15) is 27.2 Å². The molecule has 4 aliphatic heterocycles. The Balaban J connectivity index is 1.52. The van der Waals surface area contributed by atoms with E-state index in [1.54, 1.807) is 0 Å². The van der Waals surface area contributed by atoms with E-state index in [1.165, 1.54) is 19.3 Å². The molecule has 1 N–H and O–H groups in total. The van der Waals surface area contributed by atoms with E-state index in [0.29, 0.717) is 6.42 Å². The van der Waals surface area contributed by atoms with Crippen LogP contribution in [0.2, 0.25) is 0 Å². The van der Waals surface area contributed by atoms with Crippen molar-refractivity contribution in [2.45, 2.75) is 68.9 Å². The quantitative estimate of drug-likeness (QED) is 0.491. The molecule has 0 bridgehead atoms. The SMILES string of the molecule is CS(=O)C[C@](C)(O)[C@H]1OC(=O)C=C2[C@@]13O[C@@H]3[C@H]1OC(=O)[C@@]3(C)[C@H]4O[C@H]4C[C@@]2(C)[C@@H]13. The molecule has 8 nitrogen and oxygen atoms in total. The molecule has 5 fully saturated rings. The maximum atomic E-state index is 12.9. The van der Waals surface area contributed by atoms with Crippen molar-refractivity contribution in [1.82, 2.24) is 0 Å². The lowest BCUT2D eigenvalue weighted by molar-refractivity contribution is -0.168. The minimum Gasteiger partial charge on any atom is -0.459 e. The number of hydrogen-bond donors (Lipinski definition) is 1. The van der Waals surface area contributed by atoms with Crippen molar-refractivity contribution in [2.75, 3.05) is 12.0 Å². The summed E-state index contributed by atoms with van der Waals surface area (Å²) in [5.41, 5.74) is -3.24. The van der Waals surface area contributed by atoms with Crippen LogP contribution in [0.4, 0.5) is 0 Å². The topological polar surface area (TPSA) is 115 Å². The van der Waals surface area contributed by atoms with E-state index in [9.17, 15) is 18.9 Å². The number of cyclic esters (lactones) is 1. The van der Waals surface area contributed by atoms with Crippen LogP contribution in [0, 0.1) is 16.7 Å². The third kappa shape index (κ3) is 1.94. The summed E-state index contributed by atoms with van der Waals surface area (Å²) in [7, 11) is -1.31. The van der Waals surface area contributed by atoms with Gasteiger partial charge in [0.25, 0.3) is 0 Å². The van der Waals surface area contributed by atoms with Gasteiger partial charge in [-0.15, -0.1) is 0 Å². The van der Waals surface area contributed by atoms with Crippen LogP contribution in [0.15, 0.2) is 11.6 Å². The van der Waals surface area contributed by atoms with E-state index in [-0.39, 0.29) is 29.8 Å². The molecular weight excluding hydrogens is 400 g/mol. The maximum Gasteiger partial charge on any atom is 0.331 e. The van der Waals surface area contributed by atoms with Gasteiger partial charge in [0, 0.05) is 34.5 Å². The highest BCUT2D eigenvalue weighted by Crippen LogP contribution is 2.75. The average Bonchev–Trinajstić information content (AvgIpc) is 3.48. The molecule has 29 heavy (non-hydrogen) atoms. The monoisotopic (exact) mass is 424 g/mol. The lowest BCUT2D eigenvalue weighted by Gasteiger charge is -2.53. The van der Waals surface area contributed by atoms with Gasteiger partial charge in [-0.05, 0) is 25.8 Å². The molecule has 9 heteroatoms. The lowest BCUT2D eigenvalue weighted by Crippen LogP contribution is -2.65. The van der Waals surface area contributed by atoms with Gasteiger partial charge in [0.05, 0.1) is 11.9 Å². The van der Waals surface area contributed by atoms with Crippen LogP contribution in [0.3, 0.4) is 0 Å². The highest BCUT2D eigenvalue weighted by Gasteiger charge is 2.87. The molecule has 0 aromatic carbocycles. The zero-order valence-electron chi connectivity index (χ0n) is 16.7. The minimum atomic E-state index is -1.56. The fourth-order valence-electron chi connectivity index (χ4n) is 7.20. The molecule has 4 heterocycles. The average molecular weight is 424 g/mol. The van der Waals surface area contributed by atoms with Gasteiger partial charge in [-0.1, -0.05) is 6.92 Å². The Hall–Kier alpha value is -1.29. The van der Waals surface area contributed by atoms with Gasteiger partial charge in [0.1, 0.15) is 29.3 Å². The highest BCUT2D eigenvalue weighted by atomic mass is 32.2. The first-order chi connectivity index (χ1) is 13.5. The van der Waals surface area contributed by atoms with Crippen molar-refractivity contribution in [3.63, 3.8) is 0 Å². The number of carbonyl (C=O) groups excluding carboxylic acids is 2. The molecule has 2 aliphatic carbocycles. The predicted octanol–water partition coefficient (Wildman–Crippen LogP) is -0.156. The van der Waals surface area contributed by atoms with E-state index in [2.05, 4.69) is 0 Å². The second kappa shape index (κ2) is 4.95. The number of rotatable bonds is 3. The van der Waals surface area contributed by atoms with Crippen LogP contribution in [0.25, 0.3) is 0 Å². The first-order valence-corrected chi connectivity index (χ1v) is 11.7. The molecule has 1 spiro atoms. The lowest BCUT2D eigenvalue weighted by atomic mass is 9.47. The van der Waals surface area contributed by atoms with E-state index < -0.39 is 57.1 Å². The molecule has 158 valence electrons. The number of epoxide rings is 2. The van der Waals surface area contributed by atoms with Crippen LogP contribution in [0.5, 0.6) is 0 Å². The van der Waals surface area contributed by atoms with E-state index >= 15 is 0 Å². The van der Waals surface area contributed by atoms with Gasteiger partial charge in [-0.25, -0.2) is 4.79 Å². The van der Waals surface area contributed by atoms with Gasteiger partial charge in [0.2, 0.25) is 0 Å². The largest absolute Gasteiger partial charge is 0.459 e. The molecule has 6 rings (SSSR count). The van der Waals surface area contributed by atoms with Gasteiger partial charge in [-0.3, -0.25) is 9.00 Å². The molecule has 11 atom stereocenters. The number of ether oxygens (including phenoxy) is 4. The number of esters is 2. The smallest absolute Gasteiger partial charge is 0.331 e. The fourth-order valence-corrected chi connectivity index (χ4v) is 8.18. The Morgan fingerprint density at radius 3 is 2.69 bits per heavy atom. The van der Waals surface area contributed by atoms with Crippen LogP contribution in [-0.4, -0.2) is 75.0 Å². The maximum absolute atomic E-state index is 12.9. The predicted molar refractivity (Wildman–Crippen MR) is 98.0 cm³/mol. The van der Waals surface area contributed by atoms with Crippen LogP contribution >= 0.6 is 0 Å². The zero-order chi connectivity index (χ0) is 20.7. The van der Waals surface area contributed by atoms with Crippen molar-refractivity contribution in [2.24, 2.45) is 16.7 Å². The zero-order valence-corrected chi connectivity index (χ0v) is 17.5. The Kier molecular flexibility index (Phi) is 3.16. The number of fused-ring (bicyclic) bond motifs is 4. The number of carbonyl (C=O) groups is 2. The van der Waals surface area contributed by atoms with E-state index in [4.69, 9.17) is 18.9 Å². The summed E-state index contributed by atoms with van der Waals surface area (Å²) in [6.45, 7) is 5.45. The van der Waals surface area contributed by atoms with Crippen molar-refractivity contribution in [3.05, 3.63) is 11.6 Å². The summed E-state index contributed by atoms with van der Waals surface area (Å²) >= 11 is 0. The molecule has 6 aliphatic rings. The summed E-state index contributed by atoms with van der Waals surface area (Å²) in [4.78, 5) is 25.5. The van der Waals surface area contributed by atoms with E-state index in [0.717, 1.165) is 5.57 Å². The normalized spacial score (nSPS) is 56.4. The third-order valence-electron chi connectivity index (χ3n) is 8.11. The van der Waals surface area contributed by atoms with Crippen molar-refractivity contribution < 1.29 is 37.9 Å². The standard InChI is InChI=1S/C20H24O8S/c1-17-6-8-13(25-8)19(3)12(17)11(27-16(19)22)14-20(28-14)9(17)5-10(21)26-15(20)18(2,23)7-29(4)24/h5,8,11-15,23H,6-7H2,1-4H3/t8-,11-,12+,13-,14+,15+,17+,18-,19+,20-,29?/m0/s1. The van der Waals surface area contributed by atoms with Gasteiger partial charge >= 0.3 is 11.9 Å². The van der Waals surface area contributed by atoms with Gasteiger partial charge in [-0.2, -0.15) is 0 Å². The summed E-state index contributed by atoms with van der Waals surface area (Å²) in [5.74, 6) is -1.10. The Bertz CT molecular complexity index is 927. The second-order valence-corrected chi connectivity index (χ2v) is 11.6. The Morgan fingerprint density at radius 2 is 2.00 bits per heavy atom. The summed E-state index contributed by atoms with van der Waals surface area (Å²) in [6, 6.07) is 0. The first-order valence-electron chi connectivity index (χ1n) is 9.96. The summed E-state index contributed by atoms with van der Waals surface area (Å²) < 4.78 is 35.4. The molecule has 0 amide bonds. The molecule has 0 aromatic rings. The molecular formula is C20H24O8S. The van der Waals surface area contributed by atoms with Gasteiger partial charge in [0.15, 0.2) is 11.7 Å². The fraction of sp³-hybridized carbons (Fsp3) is 0.800. The van der Waals surface area contributed by atoms with Crippen LogP contribution in [-0.2, 0) is 39.3 Å². The Morgan fingerprint density at radius 1 is 1.28 bits per heavy atom. The molecule has 0 radical (unpaired) electrons. The molecule has 1 unspecified atom stereocenters. The van der Waals surface area contributed by atoms with Gasteiger partial charge < -0.3 is 24.1 Å². The molecule has 3 saturated heterocycles. The molecule has 2 saturated carbocycles. The second-order valence-electron chi connectivity index (χ2n) is 10.1. The minimum absolute atomic E-state index is 0.0633.